The van der Waals surface area contributed by atoms with Crippen LogP contribution in [0.2, 0.25) is 0 Å². The Kier molecular flexibility index (Phi) is 6.50. The predicted molar refractivity (Wildman–Crippen MR) is 95.5 cm³/mol. The van der Waals surface area contributed by atoms with E-state index < -0.39 is 24.3 Å². The highest BCUT2D eigenvalue weighted by atomic mass is 16.5. The highest BCUT2D eigenvalue weighted by molar-refractivity contribution is 6.06. The summed E-state index contributed by atoms with van der Waals surface area (Å²) >= 11 is 0. The van der Waals surface area contributed by atoms with Gasteiger partial charge in [-0.3, -0.25) is 14.4 Å². The summed E-state index contributed by atoms with van der Waals surface area (Å²) in [4.78, 5) is 35.5. The van der Waals surface area contributed by atoms with Crippen molar-refractivity contribution in [1.82, 2.24) is 10.6 Å². The van der Waals surface area contributed by atoms with Gasteiger partial charge >= 0.3 is 5.97 Å². The van der Waals surface area contributed by atoms with Crippen molar-refractivity contribution in [2.24, 2.45) is 0 Å². The second kappa shape index (κ2) is 9.03. The smallest absolute Gasteiger partial charge is 0.322 e. The number of ether oxygens (including phenoxy) is 1. The molecule has 26 heavy (non-hydrogen) atoms. The van der Waals surface area contributed by atoms with Gasteiger partial charge in [0.1, 0.15) is 18.0 Å². The number of methoxy groups -OCH3 is 1. The first-order chi connectivity index (χ1) is 12.5. The first-order valence-corrected chi connectivity index (χ1v) is 7.72. The Labute approximate surface area is 150 Å². The molecule has 2 rings (SSSR count). The van der Waals surface area contributed by atoms with Gasteiger partial charge in [0.2, 0.25) is 0 Å². The SMILES string of the molecule is COc1ccccc1C(=O)N/C(=C\c1ccccc1)C(=O)NCC(=O)O. The Balaban J connectivity index is 2.28. The van der Waals surface area contributed by atoms with Gasteiger partial charge in [-0.05, 0) is 23.8 Å². The number of para-hydroxylation sites is 1. The third-order valence-corrected chi connectivity index (χ3v) is 3.36. The van der Waals surface area contributed by atoms with Gasteiger partial charge in [-0.25, -0.2) is 0 Å². The van der Waals surface area contributed by atoms with Crippen LogP contribution in [-0.4, -0.2) is 36.5 Å². The molecule has 0 fully saturated rings. The molecule has 7 nitrogen and oxygen atoms in total. The largest absolute Gasteiger partial charge is 0.496 e. The van der Waals surface area contributed by atoms with E-state index in [0.29, 0.717) is 11.3 Å². The van der Waals surface area contributed by atoms with Gasteiger partial charge in [0.05, 0.1) is 12.7 Å². The minimum atomic E-state index is -1.19. The molecular formula is C19H18N2O5. The zero-order chi connectivity index (χ0) is 18.9. The van der Waals surface area contributed by atoms with Crippen LogP contribution in [0.4, 0.5) is 0 Å². The van der Waals surface area contributed by atoms with Gasteiger partial charge < -0.3 is 20.5 Å². The molecule has 0 bridgehead atoms. The number of hydrogen-bond donors (Lipinski definition) is 3. The van der Waals surface area contributed by atoms with Crippen LogP contribution in [0.25, 0.3) is 6.08 Å². The van der Waals surface area contributed by atoms with Crippen molar-refractivity contribution in [2.45, 2.75) is 0 Å². The van der Waals surface area contributed by atoms with E-state index in [2.05, 4.69) is 10.6 Å². The summed E-state index contributed by atoms with van der Waals surface area (Å²) in [5.41, 5.74) is 0.849. The Morgan fingerprint density at radius 2 is 1.69 bits per heavy atom. The van der Waals surface area contributed by atoms with Gasteiger partial charge in [0, 0.05) is 0 Å². The molecule has 0 heterocycles. The molecule has 0 unspecified atom stereocenters. The molecule has 0 saturated carbocycles. The molecule has 0 aliphatic heterocycles. The number of carbonyl (C=O) groups is 3. The van der Waals surface area contributed by atoms with Crippen molar-refractivity contribution in [1.29, 1.82) is 0 Å². The van der Waals surface area contributed by atoms with Crippen molar-refractivity contribution >= 4 is 23.9 Å². The fraction of sp³-hybridized carbons (Fsp3) is 0.105. The van der Waals surface area contributed by atoms with Gasteiger partial charge in [-0.2, -0.15) is 0 Å². The first kappa shape index (κ1) is 18.7. The molecule has 3 N–H and O–H groups in total. The highest BCUT2D eigenvalue weighted by Crippen LogP contribution is 2.17. The number of nitrogens with one attached hydrogen (secondary N) is 2. The van der Waals surface area contributed by atoms with E-state index in [4.69, 9.17) is 9.84 Å². The number of benzene rings is 2. The molecule has 0 aromatic heterocycles. The zero-order valence-electron chi connectivity index (χ0n) is 14.1. The predicted octanol–water partition coefficient (Wildman–Crippen LogP) is 1.67. The van der Waals surface area contributed by atoms with Crippen LogP contribution in [0.5, 0.6) is 5.75 Å². The summed E-state index contributed by atoms with van der Waals surface area (Å²) in [7, 11) is 1.44. The number of aliphatic carboxylic acids is 1. The van der Waals surface area contributed by atoms with Crippen LogP contribution in [0.3, 0.4) is 0 Å². The first-order valence-electron chi connectivity index (χ1n) is 7.72. The summed E-state index contributed by atoms with van der Waals surface area (Å²) < 4.78 is 5.15. The third-order valence-electron chi connectivity index (χ3n) is 3.36. The van der Waals surface area contributed by atoms with Crippen molar-refractivity contribution in [3.63, 3.8) is 0 Å². The van der Waals surface area contributed by atoms with E-state index in [-0.39, 0.29) is 11.3 Å². The van der Waals surface area contributed by atoms with Gasteiger partial charge in [-0.15, -0.1) is 0 Å². The standard InChI is InChI=1S/C19H18N2O5/c1-26-16-10-6-5-9-14(16)18(24)21-15(19(25)20-12-17(22)23)11-13-7-3-2-4-8-13/h2-11H,12H2,1H3,(H,20,25)(H,21,24)(H,22,23)/b15-11-. The third kappa shape index (κ3) is 5.20. The van der Waals surface area contributed by atoms with E-state index >= 15 is 0 Å². The van der Waals surface area contributed by atoms with E-state index in [0.717, 1.165) is 0 Å². The maximum Gasteiger partial charge on any atom is 0.322 e. The molecule has 0 atom stereocenters. The highest BCUT2D eigenvalue weighted by Gasteiger charge is 2.17. The number of carboxylic acid groups (broad SMARTS) is 1. The molecule has 0 spiro atoms. The van der Waals surface area contributed by atoms with Crippen LogP contribution >= 0.6 is 0 Å². The summed E-state index contributed by atoms with van der Waals surface area (Å²) in [6.07, 6.45) is 1.46. The summed E-state index contributed by atoms with van der Waals surface area (Å²) in [6, 6.07) is 15.4. The fourth-order valence-electron chi connectivity index (χ4n) is 2.15. The molecule has 134 valence electrons. The van der Waals surface area contributed by atoms with Crippen molar-refractivity contribution in [3.8, 4) is 5.75 Å². The normalized spacial score (nSPS) is 10.7. The number of amides is 2. The number of carboxylic acids is 1. The lowest BCUT2D eigenvalue weighted by Crippen LogP contribution is -2.37. The topological polar surface area (TPSA) is 105 Å². The van der Waals surface area contributed by atoms with Gasteiger partial charge in [-0.1, -0.05) is 42.5 Å². The summed E-state index contributed by atoms with van der Waals surface area (Å²) in [6.45, 7) is -0.560. The van der Waals surface area contributed by atoms with E-state index in [1.165, 1.54) is 13.2 Å². The zero-order valence-corrected chi connectivity index (χ0v) is 14.1. The number of carbonyl (C=O) groups excluding carboxylic acids is 2. The van der Waals surface area contributed by atoms with E-state index in [1.54, 1.807) is 48.5 Å². The summed E-state index contributed by atoms with van der Waals surface area (Å²) in [5, 5.41) is 13.5. The Morgan fingerprint density at radius 3 is 2.35 bits per heavy atom. The van der Waals surface area contributed by atoms with Crippen LogP contribution in [-0.2, 0) is 9.59 Å². The Hall–Kier alpha value is -3.61. The van der Waals surface area contributed by atoms with E-state index in [1.807, 2.05) is 6.07 Å². The molecule has 0 saturated heterocycles. The number of rotatable bonds is 7. The molecule has 0 aliphatic carbocycles. The van der Waals surface area contributed by atoms with Gasteiger partial charge in [0.25, 0.3) is 11.8 Å². The maximum atomic E-state index is 12.5. The molecule has 7 heteroatoms. The summed E-state index contributed by atoms with van der Waals surface area (Å²) in [5.74, 6) is -2.09. The molecule has 2 aromatic carbocycles. The minimum absolute atomic E-state index is 0.0756. The molecule has 2 amide bonds. The molecule has 0 radical (unpaired) electrons. The second-order valence-corrected chi connectivity index (χ2v) is 5.20. The lowest BCUT2D eigenvalue weighted by Gasteiger charge is -2.12. The number of hydrogen-bond acceptors (Lipinski definition) is 4. The molecule has 0 aliphatic rings. The van der Waals surface area contributed by atoms with Crippen LogP contribution in [0, 0.1) is 0 Å². The average Bonchev–Trinajstić information content (AvgIpc) is 2.66. The minimum Gasteiger partial charge on any atom is -0.496 e. The van der Waals surface area contributed by atoms with E-state index in [9.17, 15) is 14.4 Å². The second-order valence-electron chi connectivity index (χ2n) is 5.20. The van der Waals surface area contributed by atoms with Crippen LogP contribution < -0.4 is 15.4 Å². The molecule has 2 aromatic rings. The fourth-order valence-corrected chi connectivity index (χ4v) is 2.15. The van der Waals surface area contributed by atoms with Gasteiger partial charge in [0.15, 0.2) is 0 Å². The quantitative estimate of drug-likeness (QED) is 0.656. The Bertz CT molecular complexity index is 831. The molecular weight excluding hydrogens is 336 g/mol. The monoisotopic (exact) mass is 354 g/mol. The average molecular weight is 354 g/mol. The van der Waals surface area contributed by atoms with Crippen LogP contribution in [0.1, 0.15) is 15.9 Å². The lowest BCUT2D eigenvalue weighted by molar-refractivity contribution is -0.137. The van der Waals surface area contributed by atoms with Crippen molar-refractivity contribution < 1.29 is 24.2 Å². The Morgan fingerprint density at radius 1 is 1.04 bits per heavy atom. The maximum absolute atomic E-state index is 12.5. The van der Waals surface area contributed by atoms with Crippen molar-refractivity contribution in [2.75, 3.05) is 13.7 Å². The lowest BCUT2D eigenvalue weighted by atomic mass is 10.1. The van der Waals surface area contributed by atoms with Crippen molar-refractivity contribution in [3.05, 3.63) is 71.4 Å². The van der Waals surface area contributed by atoms with Crippen LogP contribution in [0.15, 0.2) is 60.3 Å².